The van der Waals surface area contributed by atoms with E-state index in [0.29, 0.717) is 18.2 Å². The number of anilines is 2. The zero-order valence-electron chi connectivity index (χ0n) is 13.9. The van der Waals surface area contributed by atoms with E-state index in [4.69, 9.17) is 5.73 Å². The first kappa shape index (κ1) is 17.3. The molecule has 1 heterocycles. The molecule has 6 nitrogen and oxygen atoms in total. The van der Waals surface area contributed by atoms with Crippen molar-refractivity contribution in [2.24, 2.45) is 18.9 Å². The van der Waals surface area contributed by atoms with Gasteiger partial charge < -0.3 is 11.1 Å². The summed E-state index contributed by atoms with van der Waals surface area (Å²) >= 11 is 0. The van der Waals surface area contributed by atoms with Crippen molar-refractivity contribution < 1.29 is 0 Å². The van der Waals surface area contributed by atoms with E-state index in [1.165, 1.54) is 11.6 Å². The number of nitrogens with two attached hydrogens (primary N) is 1. The molecule has 1 atom stereocenters. The van der Waals surface area contributed by atoms with E-state index in [-0.39, 0.29) is 29.0 Å². The normalized spacial score (nSPS) is 13.0. The Labute approximate surface area is 126 Å². The summed E-state index contributed by atoms with van der Waals surface area (Å²) in [5, 5.41) is 3.23. The van der Waals surface area contributed by atoms with E-state index in [9.17, 15) is 9.59 Å². The Balaban J connectivity index is 3.42. The lowest BCUT2D eigenvalue weighted by atomic mass is 10.0. The molecule has 21 heavy (non-hydrogen) atoms. The van der Waals surface area contributed by atoms with Gasteiger partial charge in [-0.2, -0.15) is 0 Å². The van der Waals surface area contributed by atoms with Crippen LogP contribution in [0.2, 0.25) is 0 Å². The molecule has 0 radical (unpaired) electrons. The number of hydrogen-bond donors (Lipinski definition) is 2. The maximum Gasteiger partial charge on any atom is 0.332 e. The standard InChI is InChI=1S/C15H28N4O2/c1-7-11(10(4)5)17-12-13(16)19(8-9(2)3)15(21)18(6)14(12)20/h9-11,17H,7-8,16H2,1-6H3. The van der Waals surface area contributed by atoms with Gasteiger partial charge in [-0.05, 0) is 18.3 Å². The molecule has 0 aromatic carbocycles. The number of aromatic nitrogens is 2. The second kappa shape index (κ2) is 6.83. The molecule has 1 aromatic rings. The van der Waals surface area contributed by atoms with E-state index in [2.05, 4.69) is 26.1 Å². The number of nitrogen functional groups attached to an aromatic ring is 1. The van der Waals surface area contributed by atoms with Crippen LogP contribution in [-0.2, 0) is 13.6 Å². The second-order valence-corrected chi connectivity index (χ2v) is 6.31. The van der Waals surface area contributed by atoms with Gasteiger partial charge in [-0.15, -0.1) is 0 Å². The maximum atomic E-state index is 12.3. The van der Waals surface area contributed by atoms with Crippen LogP contribution in [0.3, 0.4) is 0 Å². The Bertz CT molecular complexity index is 599. The van der Waals surface area contributed by atoms with Crippen molar-refractivity contribution in [2.45, 2.75) is 53.6 Å². The summed E-state index contributed by atoms with van der Waals surface area (Å²) < 4.78 is 2.59. The molecule has 6 heteroatoms. The van der Waals surface area contributed by atoms with Gasteiger partial charge in [-0.25, -0.2) is 4.79 Å². The highest BCUT2D eigenvalue weighted by atomic mass is 16.2. The summed E-state index contributed by atoms with van der Waals surface area (Å²) in [6.07, 6.45) is 0.879. The third-order valence-corrected chi connectivity index (χ3v) is 3.71. The van der Waals surface area contributed by atoms with Gasteiger partial charge in [-0.1, -0.05) is 34.6 Å². The quantitative estimate of drug-likeness (QED) is 0.836. The molecule has 1 unspecified atom stereocenters. The predicted molar refractivity (Wildman–Crippen MR) is 87.7 cm³/mol. The first-order valence-corrected chi connectivity index (χ1v) is 7.56. The molecule has 0 bridgehead atoms. The van der Waals surface area contributed by atoms with Crippen molar-refractivity contribution in [1.82, 2.24) is 9.13 Å². The minimum Gasteiger partial charge on any atom is -0.383 e. The topological polar surface area (TPSA) is 82.0 Å². The van der Waals surface area contributed by atoms with Crippen LogP contribution >= 0.6 is 0 Å². The van der Waals surface area contributed by atoms with Gasteiger partial charge in [0, 0.05) is 19.6 Å². The fraction of sp³-hybridized carbons (Fsp3) is 0.733. The highest BCUT2D eigenvalue weighted by Crippen LogP contribution is 2.17. The van der Waals surface area contributed by atoms with Crippen LogP contribution in [0.5, 0.6) is 0 Å². The van der Waals surface area contributed by atoms with E-state index in [1.807, 2.05) is 13.8 Å². The maximum absolute atomic E-state index is 12.3. The SMILES string of the molecule is CCC(Nc1c(N)n(CC(C)C)c(=O)n(C)c1=O)C(C)C. The van der Waals surface area contributed by atoms with Crippen molar-refractivity contribution in [3.8, 4) is 0 Å². The molecule has 0 fully saturated rings. The molecular formula is C15H28N4O2. The van der Waals surface area contributed by atoms with Gasteiger partial charge in [0.2, 0.25) is 0 Å². The molecule has 0 aliphatic rings. The van der Waals surface area contributed by atoms with Gasteiger partial charge >= 0.3 is 5.69 Å². The van der Waals surface area contributed by atoms with Gasteiger partial charge in [0.15, 0.2) is 0 Å². The fourth-order valence-electron chi connectivity index (χ4n) is 2.39. The van der Waals surface area contributed by atoms with E-state index in [1.54, 1.807) is 0 Å². The third-order valence-electron chi connectivity index (χ3n) is 3.71. The average molecular weight is 296 g/mol. The Morgan fingerprint density at radius 1 is 1.19 bits per heavy atom. The first-order valence-electron chi connectivity index (χ1n) is 7.56. The Morgan fingerprint density at radius 3 is 2.19 bits per heavy atom. The fourth-order valence-corrected chi connectivity index (χ4v) is 2.39. The van der Waals surface area contributed by atoms with Crippen molar-refractivity contribution in [1.29, 1.82) is 0 Å². The monoisotopic (exact) mass is 296 g/mol. The number of nitrogens with zero attached hydrogens (tertiary/aromatic N) is 2. The highest BCUT2D eigenvalue weighted by Gasteiger charge is 2.19. The lowest BCUT2D eigenvalue weighted by Crippen LogP contribution is -2.42. The third kappa shape index (κ3) is 3.68. The van der Waals surface area contributed by atoms with E-state index >= 15 is 0 Å². The molecule has 1 rings (SSSR count). The molecule has 0 amide bonds. The number of nitrogens with one attached hydrogen (secondary N) is 1. The van der Waals surface area contributed by atoms with Gasteiger partial charge in [-0.3, -0.25) is 13.9 Å². The van der Waals surface area contributed by atoms with Crippen LogP contribution in [0.15, 0.2) is 9.59 Å². The van der Waals surface area contributed by atoms with Crippen LogP contribution in [0, 0.1) is 11.8 Å². The van der Waals surface area contributed by atoms with Gasteiger partial charge in [0.05, 0.1) is 0 Å². The van der Waals surface area contributed by atoms with E-state index in [0.717, 1.165) is 11.0 Å². The van der Waals surface area contributed by atoms with Crippen molar-refractivity contribution >= 4 is 11.5 Å². The predicted octanol–water partition coefficient (Wildman–Crippen LogP) is 1.63. The Kier molecular flexibility index (Phi) is 5.63. The lowest BCUT2D eigenvalue weighted by molar-refractivity contribution is 0.488. The van der Waals surface area contributed by atoms with Crippen LogP contribution < -0.4 is 22.3 Å². The minimum atomic E-state index is -0.366. The van der Waals surface area contributed by atoms with Crippen LogP contribution in [-0.4, -0.2) is 15.2 Å². The van der Waals surface area contributed by atoms with Gasteiger partial charge in [0.1, 0.15) is 11.5 Å². The molecule has 0 aliphatic heterocycles. The van der Waals surface area contributed by atoms with Crippen LogP contribution in [0.25, 0.3) is 0 Å². The summed E-state index contributed by atoms with van der Waals surface area (Å²) in [6, 6.07) is 0.144. The molecule has 0 aliphatic carbocycles. The lowest BCUT2D eigenvalue weighted by Gasteiger charge is -2.24. The highest BCUT2D eigenvalue weighted by molar-refractivity contribution is 5.61. The summed E-state index contributed by atoms with van der Waals surface area (Å²) in [5.41, 5.74) is 5.69. The molecule has 120 valence electrons. The van der Waals surface area contributed by atoms with E-state index < -0.39 is 0 Å². The van der Waals surface area contributed by atoms with Gasteiger partial charge in [0.25, 0.3) is 5.56 Å². The van der Waals surface area contributed by atoms with Crippen molar-refractivity contribution in [3.63, 3.8) is 0 Å². The summed E-state index contributed by atoms with van der Waals surface area (Å²) in [7, 11) is 1.49. The first-order chi connectivity index (χ1) is 9.70. The van der Waals surface area contributed by atoms with Crippen LogP contribution in [0.1, 0.15) is 41.0 Å². The second-order valence-electron chi connectivity index (χ2n) is 6.31. The zero-order chi connectivity index (χ0) is 16.3. The Hall–Kier alpha value is -1.72. The molecule has 0 saturated carbocycles. The molecular weight excluding hydrogens is 268 g/mol. The Morgan fingerprint density at radius 2 is 1.76 bits per heavy atom. The number of rotatable bonds is 6. The summed E-state index contributed by atoms with van der Waals surface area (Å²) in [4.78, 5) is 24.5. The van der Waals surface area contributed by atoms with Crippen molar-refractivity contribution in [3.05, 3.63) is 20.8 Å². The average Bonchev–Trinajstić information content (AvgIpc) is 2.41. The molecule has 0 saturated heterocycles. The molecule has 0 spiro atoms. The van der Waals surface area contributed by atoms with Crippen molar-refractivity contribution in [2.75, 3.05) is 11.1 Å². The largest absolute Gasteiger partial charge is 0.383 e. The molecule has 3 N–H and O–H groups in total. The molecule has 1 aromatic heterocycles. The zero-order valence-corrected chi connectivity index (χ0v) is 13.9. The smallest absolute Gasteiger partial charge is 0.332 e. The number of hydrogen-bond acceptors (Lipinski definition) is 4. The summed E-state index contributed by atoms with van der Waals surface area (Å²) in [5.74, 6) is 0.864. The summed E-state index contributed by atoms with van der Waals surface area (Å²) in [6.45, 7) is 10.7. The minimum absolute atomic E-state index is 0.144. The van der Waals surface area contributed by atoms with Crippen LogP contribution in [0.4, 0.5) is 11.5 Å².